The Morgan fingerprint density at radius 1 is 1.21 bits per heavy atom. The summed E-state index contributed by atoms with van der Waals surface area (Å²) in [4.78, 5) is 9.44. The van der Waals surface area contributed by atoms with Crippen LogP contribution in [0.2, 0.25) is 0 Å². The zero-order valence-electron chi connectivity index (χ0n) is 16.9. The lowest BCUT2D eigenvalue weighted by molar-refractivity contribution is 0.0350. The maximum absolute atomic E-state index is 5.78. The van der Waals surface area contributed by atoms with Crippen LogP contribution >= 0.6 is 12.2 Å². The molecule has 2 saturated heterocycles. The molecule has 7 heteroatoms. The molecule has 0 bridgehead atoms. The predicted molar refractivity (Wildman–Crippen MR) is 114 cm³/mol. The van der Waals surface area contributed by atoms with Gasteiger partial charge in [-0.2, -0.15) is 0 Å². The van der Waals surface area contributed by atoms with Crippen molar-refractivity contribution in [1.82, 2.24) is 24.7 Å². The molecule has 0 saturated carbocycles. The molecular weight excluding hydrogens is 370 g/mol. The minimum Gasteiger partial charge on any atom is -0.379 e. The van der Waals surface area contributed by atoms with Crippen molar-refractivity contribution in [3.63, 3.8) is 0 Å². The first-order valence-corrected chi connectivity index (χ1v) is 10.4. The molecule has 0 aliphatic carbocycles. The van der Waals surface area contributed by atoms with Crippen LogP contribution in [-0.2, 0) is 11.8 Å². The third-order valence-electron chi connectivity index (χ3n) is 6.09. The van der Waals surface area contributed by atoms with Gasteiger partial charge in [0.25, 0.3) is 0 Å². The van der Waals surface area contributed by atoms with Crippen molar-refractivity contribution < 1.29 is 4.74 Å². The van der Waals surface area contributed by atoms with E-state index < -0.39 is 0 Å². The van der Waals surface area contributed by atoms with E-state index in [2.05, 4.69) is 57.7 Å². The maximum atomic E-state index is 5.78. The molecule has 0 spiro atoms. The van der Waals surface area contributed by atoms with Gasteiger partial charge in [-0.1, -0.05) is 6.07 Å². The first-order chi connectivity index (χ1) is 13.6. The third-order valence-corrected chi connectivity index (χ3v) is 6.44. The molecule has 4 rings (SSSR count). The zero-order valence-corrected chi connectivity index (χ0v) is 17.7. The number of nitrogens with one attached hydrogen (secondary N) is 1. The van der Waals surface area contributed by atoms with E-state index in [1.54, 1.807) is 0 Å². The van der Waals surface area contributed by atoms with Gasteiger partial charge < -0.3 is 19.5 Å². The number of nitrogens with zero attached hydrogens (tertiary/aromatic N) is 4. The number of morpholine rings is 1. The van der Waals surface area contributed by atoms with E-state index >= 15 is 0 Å². The SMILES string of the molecule is Cc1cc([C@@H]2[C@@H](c3ccccn3)NC(=S)N2CCN2CCOCC2)c(C)n1C. The van der Waals surface area contributed by atoms with Gasteiger partial charge >= 0.3 is 0 Å². The van der Waals surface area contributed by atoms with Crippen LogP contribution in [0.25, 0.3) is 0 Å². The van der Waals surface area contributed by atoms with Crippen molar-refractivity contribution in [3.05, 3.63) is 53.1 Å². The highest BCUT2D eigenvalue weighted by Gasteiger charge is 2.41. The highest BCUT2D eigenvalue weighted by atomic mass is 32.1. The highest BCUT2D eigenvalue weighted by Crippen LogP contribution is 2.40. The van der Waals surface area contributed by atoms with Crippen molar-refractivity contribution in [3.8, 4) is 0 Å². The minimum atomic E-state index is 0.0545. The molecular formula is C21H29N5OS. The summed E-state index contributed by atoms with van der Waals surface area (Å²) in [6, 6.07) is 8.59. The average molecular weight is 400 g/mol. The van der Waals surface area contributed by atoms with Gasteiger partial charge in [0.15, 0.2) is 5.11 Å². The second-order valence-electron chi connectivity index (χ2n) is 7.66. The molecule has 150 valence electrons. The van der Waals surface area contributed by atoms with Gasteiger partial charge in [-0.3, -0.25) is 9.88 Å². The van der Waals surface area contributed by atoms with Crippen LogP contribution in [0.1, 0.15) is 34.7 Å². The fraction of sp³-hybridized carbons (Fsp3) is 0.524. The summed E-state index contributed by atoms with van der Waals surface area (Å²) in [7, 11) is 2.13. The van der Waals surface area contributed by atoms with Gasteiger partial charge in [-0.15, -0.1) is 0 Å². The Bertz CT molecular complexity index is 831. The number of aryl methyl sites for hydroxylation is 1. The molecule has 1 N–H and O–H groups in total. The number of hydrogen-bond acceptors (Lipinski definition) is 4. The normalized spacial score (nSPS) is 23.2. The Labute approximate surface area is 172 Å². The lowest BCUT2D eigenvalue weighted by Gasteiger charge is -2.32. The van der Waals surface area contributed by atoms with E-state index in [9.17, 15) is 0 Å². The van der Waals surface area contributed by atoms with Crippen LogP contribution < -0.4 is 5.32 Å². The van der Waals surface area contributed by atoms with Gasteiger partial charge in [0.05, 0.1) is 31.0 Å². The number of aromatic nitrogens is 2. The summed E-state index contributed by atoms with van der Waals surface area (Å²) in [5, 5.41) is 4.37. The van der Waals surface area contributed by atoms with Crippen molar-refractivity contribution in [2.75, 3.05) is 39.4 Å². The predicted octanol–water partition coefficient (Wildman–Crippen LogP) is 2.34. The molecule has 2 atom stereocenters. The fourth-order valence-electron chi connectivity index (χ4n) is 4.24. The third kappa shape index (κ3) is 3.66. The van der Waals surface area contributed by atoms with Crippen molar-refractivity contribution in [2.45, 2.75) is 25.9 Å². The average Bonchev–Trinajstić information content (AvgIpc) is 3.18. The number of thiocarbonyl (C=S) groups is 1. The zero-order chi connectivity index (χ0) is 19.7. The smallest absolute Gasteiger partial charge is 0.170 e. The van der Waals surface area contributed by atoms with E-state index in [4.69, 9.17) is 17.0 Å². The summed E-state index contributed by atoms with van der Waals surface area (Å²) in [5.41, 5.74) is 4.90. The lowest BCUT2D eigenvalue weighted by Crippen LogP contribution is -2.42. The molecule has 0 radical (unpaired) electrons. The summed E-state index contributed by atoms with van der Waals surface area (Å²) >= 11 is 5.78. The largest absolute Gasteiger partial charge is 0.379 e. The van der Waals surface area contributed by atoms with Gasteiger partial charge in [0.2, 0.25) is 0 Å². The van der Waals surface area contributed by atoms with Gasteiger partial charge in [0, 0.05) is 50.8 Å². The first kappa shape index (κ1) is 19.4. The van der Waals surface area contributed by atoms with Gasteiger partial charge in [-0.25, -0.2) is 0 Å². The Morgan fingerprint density at radius 3 is 2.64 bits per heavy atom. The second kappa shape index (κ2) is 8.19. The van der Waals surface area contributed by atoms with Crippen LogP contribution in [0.5, 0.6) is 0 Å². The number of hydrogen-bond donors (Lipinski definition) is 1. The van der Waals surface area contributed by atoms with Crippen LogP contribution in [0, 0.1) is 13.8 Å². The summed E-state index contributed by atoms with van der Waals surface area (Å²) in [6.45, 7) is 9.86. The van der Waals surface area contributed by atoms with E-state index in [-0.39, 0.29) is 12.1 Å². The quantitative estimate of drug-likeness (QED) is 0.779. The van der Waals surface area contributed by atoms with Crippen LogP contribution in [0.4, 0.5) is 0 Å². The minimum absolute atomic E-state index is 0.0545. The lowest BCUT2D eigenvalue weighted by atomic mass is 9.97. The molecule has 2 aromatic heterocycles. The first-order valence-electron chi connectivity index (χ1n) is 9.97. The number of pyridine rings is 1. The molecule has 2 aliphatic heterocycles. The Hall–Kier alpha value is -1.96. The summed E-state index contributed by atoms with van der Waals surface area (Å²) < 4.78 is 7.74. The maximum Gasteiger partial charge on any atom is 0.170 e. The Morgan fingerprint density at radius 2 is 2.00 bits per heavy atom. The van der Waals surface area contributed by atoms with E-state index in [0.29, 0.717) is 0 Å². The molecule has 0 amide bonds. The van der Waals surface area contributed by atoms with E-state index in [1.807, 2.05) is 18.3 Å². The van der Waals surface area contributed by atoms with Crippen molar-refractivity contribution in [1.29, 1.82) is 0 Å². The molecule has 6 nitrogen and oxygen atoms in total. The molecule has 0 unspecified atom stereocenters. The molecule has 2 fully saturated rings. The van der Waals surface area contributed by atoms with Crippen molar-refractivity contribution >= 4 is 17.3 Å². The van der Waals surface area contributed by atoms with Crippen LogP contribution in [-0.4, -0.2) is 63.9 Å². The number of rotatable bonds is 5. The number of ether oxygens (including phenoxy) is 1. The Balaban J connectivity index is 1.64. The molecule has 2 aliphatic rings. The van der Waals surface area contributed by atoms with Crippen molar-refractivity contribution in [2.24, 2.45) is 7.05 Å². The fourth-order valence-corrected chi connectivity index (χ4v) is 4.57. The van der Waals surface area contributed by atoms with Gasteiger partial charge in [-0.05, 0) is 49.8 Å². The van der Waals surface area contributed by atoms with Crippen LogP contribution in [0.15, 0.2) is 30.5 Å². The van der Waals surface area contributed by atoms with E-state index in [1.165, 1.54) is 17.0 Å². The summed E-state index contributed by atoms with van der Waals surface area (Å²) in [5.74, 6) is 0. The van der Waals surface area contributed by atoms with Gasteiger partial charge in [0.1, 0.15) is 0 Å². The molecule has 0 aromatic carbocycles. The highest BCUT2D eigenvalue weighted by molar-refractivity contribution is 7.80. The standard InChI is InChI=1S/C21H29N5OS/c1-15-14-17(16(2)24(15)3)20-19(18-6-4-5-7-22-18)23-21(28)26(20)9-8-25-10-12-27-13-11-25/h4-7,14,19-20H,8-13H2,1-3H3,(H,23,28)/t19-,20-/m1/s1. The molecule has 2 aromatic rings. The molecule has 28 heavy (non-hydrogen) atoms. The monoisotopic (exact) mass is 399 g/mol. The second-order valence-corrected chi connectivity index (χ2v) is 8.05. The molecule has 4 heterocycles. The van der Waals surface area contributed by atoms with Crippen LogP contribution in [0.3, 0.4) is 0 Å². The Kier molecular flexibility index (Phi) is 5.66. The van der Waals surface area contributed by atoms with E-state index in [0.717, 1.165) is 50.2 Å². The topological polar surface area (TPSA) is 45.6 Å². The summed E-state index contributed by atoms with van der Waals surface area (Å²) in [6.07, 6.45) is 1.86.